The average molecular weight is 550 g/mol. The number of aryl methyl sites for hydroxylation is 2. The van der Waals surface area contributed by atoms with Crippen LogP contribution < -0.4 is 16.0 Å². The fraction of sp³-hybridized carbons (Fsp3) is 0.481. The molecule has 4 aromatic rings. The van der Waals surface area contributed by atoms with Crippen molar-refractivity contribution in [3.63, 3.8) is 0 Å². The van der Waals surface area contributed by atoms with Gasteiger partial charge in [0.2, 0.25) is 17.2 Å². The fourth-order valence-electron chi connectivity index (χ4n) is 6.74. The van der Waals surface area contributed by atoms with E-state index >= 15 is 0 Å². The quantitative estimate of drug-likeness (QED) is 0.328. The molecule has 3 atom stereocenters. The number of nitrogens with one attached hydrogen (secondary N) is 1. The predicted molar refractivity (Wildman–Crippen MR) is 154 cm³/mol. The Balaban J connectivity index is 1.06. The molecule has 4 heterocycles. The largest absolute Gasteiger partial charge is 0.369 e. The summed E-state index contributed by atoms with van der Waals surface area (Å²) in [5, 5.41) is 10.1. The van der Waals surface area contributed by atoms with Gasteiger partial charge in [0.05, 0.1) is 10.2 Å². The van der Waals surface area contributed by atoms with E-state index in [-0.39, 0.29) is 11.2 Å². The summed E-state index contributed by atoms with van der Waals surface area (Å²) in [6, 6.07) is 7.37. The number of fused-ring (bicyclic) bond motifs is 3. The number of nitrogens with zero attached hydrogens (tertiary/aromatic N) is 7. The van der Waals surface area contributed by atoms with Crippen molar-refractivity contribution in [1.82, 2.24) is 29.6 Å². The Morgan fingerprint density at radius 2 is 1.87 bits per heavy atom. The number of thiophene rings is 1. The molecule has 198 valence electrons. The van der Waals surface area contributed by atoms with Crippen molar-refractivity contribution in [2.24, 2.45) is 11.8 Å². The molecule has 3 aromatic heterocycles. The second-order valence-corrected chi connectivity index (χ2v) is 12.2. The lowest BCUT2D eigenvalue weighted by molar-refractivity contribution is 0.135. The highest BCUT2D eigenvalue weighted by molar-refractivity contribution is 7.17. The van der Waals surface area contributed by atoms with Gasteiger partial charge >= 0.3 is 0 Å². The first-order valence-electron chi connectivity index (χ1n) is 13.4. The lowest BCUT2D eigenvalue weighted by Gasteiger charge is -2.42. The van der Waals surface area contributed by atoms with Crippen LogP contribution in [0.5, 0.6) is 0 Å². The summed E-state index contributed by atoms with van der Waals surface area (Å²) in [5.74, 6) is 3.14. The predicted octanol–water partition coefficient (Wildman–Crippen LogP) is 5.18. The Hall–Kier alpha value is -2.95. The van der Waals surface area contributed by atoms with Gasteiger partial charge < -0.3 is 16.0 Å². The number of hydrogen-bond donors (Lipinski definition) is 2. The van der Waals surface area contributed by atoms with Gasteiger partial charge in [-0.25, -0.2) is 4.98 Å². The number of rotatable bonds is 5. The van der Waals surface area contributed by atoms with Gasteiger partial charge in [-0.2, -0.15) is 14.6 Å². The number of piperazine rings is 1. The van der Waals surface area contributed by atoms with Gasteiger partial charge in [-0.1, -0.05) is 6.42 Å². The summed E-state index contributed by atoms with van der Waals surface area (Å²) in [6.45, 7) is 8.60. The van der Waals surface area contributed by atoms with E-state index in [1.165, 1.54) is 47.4 Å². The van der Waals surface area contributed by atoms with Crippen LogP contribution in [0.15, 0.2) is 23.6 Å². The van der Waals surface area contributed by atoms with E-state index in [0.717, 1.165) is 71.1 Å². The number of aromatic nitrogens is 5. The second-order valence-electron chi connectivity index (χ2n) is 11.0. The number of benzene rings is 1. The number of nitrogen functional groups attached to an aromatic ring is 1. The van der Waals surface area contributed by atoms with Gasteiger partial charge in [-0.05, 0) is 91.3 Å². The summed E-state index contributed by atoms with van der Waals surface area (Å²) >= 11 is 7.74. The highest BCUT2D eigenvalue weighted by Gasteiger charge is 2.42. The van der Waals surface area contributed by atoms with Crippen molar-refractivity contribution in [3.05, 3.63) is 40.0 Å². The van der Waals surface area contributed by atoms with Crippen molar-refractivity contribution in [2.45, 2.75) is 45.6 Å². The zero-order valence-electron chi connectivity index (χ0n) is 21.7. The first-order valence-corrected chi connectivity index (χ1v) is 14.7. The monoisotopic (exact) mass is 549 g/mol. The number of hydrogen-bond acceptors (Lipinski definition) is 9. The Morgan fingerprint density at radius 3 is 2.61 bits per heavy atom. The van der Waals surface area contributed by atoms with E-state index in [4.69, 9.17) is 17.3 Å². The number of halogens is 1. The molecule has 7 rings (SSSR count). The van der Waals surface area contributed by atoms with Gasteiger partial charge in [0.1, 0.15) is 0 Å². The van der Waals surface area contributed by atoms with E-state index in [1.54, 1.807) is 0 Å². The van der Waals surface area contributed by atoms with Crippen molar-refractivity contribution in [3.8, 4) is 5.82 Å². The van der Waals surface area contributed by atoms with Gasteiger partial charge in [-0.3, -0.25) is 4.90 Å². The van der Waals surface area contributed by atoms with Gasteiger partial charge in [0.15, 0.2) is 5.82 Å². The SMILES string of the molecule is Cc1cc(N2CCN(C3CC4CCC3C4)CC2)ccc1Nc1nc(N)n(-c2nc(Cl)nc3c(C)csc23)n1. The van der Waals surface area contributed by atoms with Crippen molar-refractivity contribution >= 4 is 56.4 Å². The lowest BCUT2D eigenvalue weighted by atomic mass is 9.93. The molecule has 2 aliphatic carbocycles. The molecule has 0 radical (unpaired) electrons. The minimum absolute atomic E-state index is 0.154. The number of nitrogens with two attached hydrogens (primary N) is 1. The van der Waals surface area contributed by atoms with E-state index in [2.05, 4.69) is 60.3 Å². The molecule has 3 N–H and O–H groups in total. The Kier molecular flexibility index (Phi) is 5.94. The molecule has 38 heavy (non-hydrogen) atoms. The molecule has 0 spiro atoms. The van der Waals surface area contributed by atoms with Crippen LogP contribution in [0.2, 0.25) is 5.28 Å². The van der Waals surface area contributed by atoms with Crippen molar-refractivity contribution in [2.75, 3.05) is 42.1 Å². The molecule has 0 amide bonds. The third-order valence-corrected chi connectivity index (χ3v) is 9.94. The standard InChI is InChI=1S/C27H32ClN9S/c1-15-11-19(35-7-9-36(10-8-35)21-13-17-3-4-18(21)12-17)5-6-20(15)30-27-33-26(29)37(34-27)24-23-22(16(2)14-38-23)31-25(28)32-24/h5-6,11,14,17-18,21H,3-4,7-10,12-13H2,1-2H3,(H3,29,30,33,34). The third kappa shape index (κ3) is 4.19. The summed E-state index contributed by atoms with van der Waals surface area (Å²) in [5.41, 5.74) is 11.4. The molecule has 9 nitrogen and oxygen atoms in total. The highest BCUT2D eigenvalue weighted by atomic mass is 35.5. The van der Waals surface area contributed by atoms with Crippen LogP contribution in [0.1, 0.15) is 36.8 Å². The zero-order chi connectivity index (χ0) is 26.0. The maximum absolute atomic E-state index is 6.25. The van der Waals surface area contributed by atoms with Gasteiger partial charge in [-0.15, -0.1) is 16.4 Å². The topological polar surface area (TPSA) is 101 Å². The van der Waals surface area contributed by atoms with Gasteiger partial charge in [0, 0.05) is 43.6 Å². The molecule has 3 fully saturated rings. The maximum Gasteiger partial charge on any atom is 0.248 e. The highest BCUT2D eigenvalue weighted by Crippen LogP contribution is 2.46. The molecular formula is C27H32ClN9S. The Labute approximate surface area is 231 Å². The second kappa shape index (κ2) is 9.36. The van der Waals surface area contributed by atoms with Crippen molar-refractivity contribution in [1.29, 1.82) is 0 Å². The van der Waals surface area contributed by atoms with Crippen LogP contribution >= 0.6 is 22.9 Å². The normalized spacial score (nSPS) is 23.6. The minimum atomic E-state index is 0.154. The molecule has 1 aromatic carbocycles. The van der Waals surface area contributed by atoms with Crippen LogP contribution in [-0.4, -0.2) is 61.9 Å². The summed E-state index contributed by atoms with van der Waals surface area (Å²) in [6.07, 6.45) is 5.83. The Morgan fingerprint density at radius 1 is 1.03 bits per heavy atom. The third-order valence-electron chi connectivity index (χ3n) is 8.69. The molecule has 11 heteroatoms. The molecular weight excluding hydrogens is 518 g/mol. The fourth-order valence-corrected chi connectivity index (χ4v) is 7.87. The van der Waals surface area contributed by atoms with E-state index in [1.807, 2.05) is 12.3 Å². The molecule has 2 bridgehead atoms. The van der Waals surface area contributed by atoms with Crippen molar-refractivity contribution < 1.29 is 0 Å². The average Bonchev–Trinajstić information content (AvgIpc) is 3.70. The van der Waals surface area contributed by atoms with Crippen LogP contribution in [0.3, 0.4) is 0 Å². The first-order chi connectivity index (χ1) is 18.4. The molecule has 3 aliphatic rings. The van der Waals surface area contributed by atoms with Crippen LogP contribution in [0.25, 0.3) is 16.0 Å². The summed E-state index contributed by atoms with van der Waals surface area (Å²) in [4.78, 5) is 18.5. The summed E-state index contributed by atoms with van der Waals surface area (Å²) in [7, 11) is 0. The summed E-state index contributed by atoms with van der Waals surface area (Å²) < 4.78 is 2.39. The van der Waals surface area contributed by atoms with E-state index < -0.39 is 0 Å². The molecule has 3 unspecified atom stereocenters. The van der Waals surface area contributed by atoms with E-state index in [0.29, 0.717) is 11.8 Å². The smallest absolute Gasteiger partial charge is 0.248 e. The first kappa shape index (κ1) is 24.1. The molecule has 1 saturated heterocycles. The van der Waals surface area contributed by atoms with Crippen LogP contribution in [0.4, 0.5) is 23.3 Å². The van der Waals surface area contributed by atoms with E-state index in [9.17, 15) is 0 Å². The van der Waals surface area contributed by atoms with Gasteiger partial charge in [0.25, 0.3) is 0 Å². The maximum atomic E-state index is 6.25. The minimum Gasteiger partial charge on any atom is -0.369 e. The lowest BCUT2D eigenvalue weighted by Crippen LogP contribution is -2.51. The Bertz CT molecular complexity index is 1510. The number of anilines is 4. The van der Waals surface area contributed by atoms with Crippen LogP contribution in [-0.2, 0) is 0 Å². The van der Waals surface area contributed by atoms with Crippen LogP contribution in [0, 0.1) is 25.7 Å². The molecule has 1 aliphatic heterocycles. The molecule has 2 saturated carbocycles. The zero-order valence-corrected chi connectivity index (χ0v) is 23.3.